The second kappa shape index (κ2) is 5.71. The summed E-state index contributed by atoms with van der Waals surface area (Å²) < 4.78 is 27.6. The highest BCUT2D eigenvalue weighted by Gasteiger charge is 2.41. The van der Waals surface area contributed by atoms with Gasteiger partial charge in [-0.2, -0.15) is 0 Å². The number of nitrogens with one attached hydrogen (secondary N) is 1. The molecule has 2 aliphatic carbocycles. The lowest BCUT2D eigenvalue weighted by molar-refractivity contribution is 0.199. The Labute approximate surface area is 126 Å². The first kappa shape index (κ1) is 15.0. The Morgan fingerprint density at radius 1 is 1.24 bits per heavy atom. The van der Waals surface area contributed by atoms with Crippen LogP contribution >= 0.6 is 0 Å². The van der Waals surface area contributed by atoms with E-state index in [1.165, 1.54) is 25.7 Å². The van der Waals surface area contributed by atoms with Crippen molar-refractivity contribution in [1.29, 1.82) is 0 Å². The van der Waals surface area contributed by atoms with Crippen LogP contribution < -0.4 is 4.72 Å². The summed E-state index contributed by atoms with van der Waals surface area (Å²) in [5, 5.41) is 9.58. The van der Waals surface area contributed by atoms with Gasteiger partial charge in [0.05, 0.1) is 11.0 Å². The van der Waals surface area contributed by atoms with E-state index in [1.54, 1.807) is 31.2 Å². The summed E-state index contributed by atoms with van der Waals surface area (Å²) in [6.07, 6.45) is 4.34. The molecule has 0 radical (unpaired) electrons. The molecule has 2 aliphatic rings. The summed E-state index contributed by atoms with van der Waals surface area (Å²) in [6.45, 7) is 2.19. The topological polar surface area (TPSA) is 66.4 Å². The molecule has 3 rings (SSSR count). The van der Waals surface area contributed by atoms with E-state index in [0.717, 1.165) is 11.8 Å². The van der Waals surface area contributed by atoms with Gasteiger partial charge in [0.1, 0.15) is 0 Å². The van der Waals surface area contributed by atoms with Crippen molar-refractivity contribution in [1.82, 2.24) is 4.72 Å². The molecule has 116 valence electrons. The van der Waals surface area contributed by atoms with E-state index in [2.05, 4.69) is 4.72 Å². The molecule has 0 bridgehead atoms. The first-order valence-corrected chi connectivity index (χ1v) is 9.23. The van der Waals surface area contributed by atoms with Crippen molar-refractivity contribution in [3.63, 3.8) is 0 Å². The Hall–Kier alpha value is -0.910. The number of rotatable bonds is 7. The van der Waals surface area contributed by atoms with Gasteiger partial charge >= 0.3 is 0 Å². The molecule has 0 aromatic heterocycles. The van der Waals surface area contributed by atoms with Gasteiger partial charge in [-0.05, 0) is 68.1 Å². The van der Waals surface area contributed by atoms with Crippen LogP contribution in [-0.4, -0.2) is 20.1 Å². The van der Waals surface area contributed by atoms with Gasteiger partial charge in [0.15, 0.2) is 0 Å². The van der Waals surface area contributed by atoms with Crippen LogP contribution in [0.3, 0.4) is 0 Å². The van der Waals surface area contributed by atoms with E-state index >= 15 is 0 Å². The van der Waals surface area contributed by atoms with Gasteiger partial charge in [0, 0.05) is 6.54 Å². The lowest BCUT2D eigenvalue weighted by Gasteiger charge is -2.16. The molecular weight excluding hydrogens is 286 g/mol. The van der Waals surface area contributed by atoms with Crippen LogP contribution in [0.5, 0.6) is 0 Å². The van der Waals surface area contributed by atoms with Crippen molar-refractivity contribution in [2.75, 3.05) is 6.54 Å². The predicted molar refractivity (Wildman–Crippen MR) is 81.2 cm³/mol. The monoisotopic (exact) mass is 309 g/mol. The Balaban J connectivity index is 1.69. The highest BCUT2D eigenvalue weighted by molar-refractivity contribution is 7.89. The van der Waals surface area contributed by atoms with Gasteiger partial charge in [-0.3, -0.25) is 0 Å². The highest BCUT2D eigenvalue weighted by atomic mass is 32.2. The second-order valence-electron chi connectivity index (χ2n) is 6.44. The zero-order chi connectivity index (χ0) is 15.0. The molecule has 0 spiro atoms. The van der Waals surface area contributed by atoms with Crippen LogP contribution in [0.2, 0.25) is 0 Å². The molecule has 5 heteroatoms. The number of hydrogen-bond donors (Lipinski definition) is 2. The first-order chi connectivity index (χ1) is 9.97. The summed E-state index contributed by atoms with van der Waals surface area (Å²) >= 11 is 0. The molecule has 21 heavy (non-hydrogen) atoms. The number of hydrogen-bond acceptors (Lipinski definition) is 3. The number of sulfonamides is 1. The third kappa shape index (κ3) is 3.65. The molecule has 1 aromatic rings. The minimum Gasteiger partial charge on any atom is -0.389 e. The van der Waals surface area contributed by atoms with Gasteiger partial charge in [-0.1, -0.05) is 12.1 Å². The Morgan fingerprint density at radius 3 is 2.38 bits per heavy atom. The van der Waals surface area contributed by atoms with Crippen molar-refractivity contribution >= 4 is 10.0 Å². The number of benzene rings is 1. The SMILES string of the molecule is CC(O)c1cccc(S(=O)(=O)NCC(C2CC2)C2CC2)c1. The van der Waals surface area contributed by atoms with Gasteiger partial charge in [-0.15, -0.1) is 0 Å². The van der Waals surface area contributed by atoms with Crippen molar-refractivity contribution in [3.8, 4) is 0 Å². The zero-order valence-electron chi connectivity index (χ0n) is 12.3. The molecule has 0 saturated heterocycles. The van der Waals surface area contributed by atoms with Gasteiger partial charge in [-0.25, -0.2) is 13.1 Å². The number of aliphatic hydroxyl groups excluding tert-OH is 1. The van der Waals surface area contributed by atoms with Gasteiger partial charge in [0.25, 0.3) is 0 Å². The molecule has 2 saturated carbocycles. The quantitative estimate of drug-likeness (QED) is 0.813. The van der Waals surface area contributed by atoms with E-state index in [0.29, 0.717) is 18.0 Å². The zero-order valence-corrected chi connectivity index (χ0v) is 13.1. The Bertz CT molecular complexity index is 592. The van der Waals surface area contributed by atoms with Crippen LogP contribution in [0.25, 0.3) is 0 Å². The molecule has 2 N–H and O–H groups in total. The second-order valence-corrected chi connectivity index (χ2v) is 8.21. The Kier molecular flexibility index (Phi) is 4.08. The van der Waals surface area contributed by atoms with E-state index in [1.807, 2.05) is 0 Å². The normalized spacial score (nSPS) is 20.7. The minimum atomic E-state index is -3.48. The average Bonchev–Trinajstić information content (AvgIpc) is 3.32. The fourth-order valence-corrected chi connectivity index (χ4v) is 4.13. The smallest absolute Gasteiger partial charge is 0.240 e. The van der Waals surface area contributed by atoms with Crippen molar-refractivity contribution in [2.24, 2.45) is 17.8 Å². The van der Waals surface area contributed by atoms with Crippen molar-refractivity contribution in [3.05, 3.63) is 29.8 Å². The third-order valence-corrected chi connectivity index (χ3v) is 6.04. The molecule has 1 atom stereocenters. The summed E-state index contributed by atoms with van der Waals surface area (Å²) in [5.74, 6) is 1.97. The maximum absolute atomic E-state index is 12.4. The molecule has 1 unspecified atom stereocenters. The summed E-state index contributed by atoms with van der Waals surface area (Å²) in [6, 6.07) is 6.55. The molecule has 2 fully saturated rings. The van der Waals surface area contributed by atoms with Gasteiger partial charge in [0.2, 0.25) is 10.0 Å². The van der Waals surface area contributed by atoms with Crippen LogP contribution in [0.4, 0.5) is 0 Å². The minimum absolute atomic E-state index is 0.242. The maximum atomic E-state index is 12.4. The van der Waals surface area contributed by atoms with Crippen molar-refractivity contribution < 1.29 is 13.5 Å². The van der Waals surface area contributed by atoms with E-state index < -0.39 is 16.1 Å². The van der Waals surface area contributed by atoms with Crippen LogP contribution in [0.1, 0.15) is 44.3 Å². The highest BCUT2D eigenvalue weighted by Crippen LogP contribution is 2.48. The molecular formula is C16H23NO3S. The molecule has 0 amide bonds. The standard InChI is InChI=1S/C16H23NO3S/c1-11(18)14-3-2-4-15(9-14)21(19,20)17-10-16(12-5-6-12)13-7-8-13/h2-4,9,11-13,16-18H,5-8,10H2,1H3. The molecule has 4 nitrogen and oxygen atoms in total. The fraction of sp³-hybridized carbons (Fsp3) is 0.625. The predicted octanol–water partition coefficient (Wildman–Crippen LogP) is 2.45. The third-order valence-electron chi connectivity index (χ3n) is 4.61. The molecule has 0 aliphatic heterocycles. The molecule has 0 heterocycles. The summed E-state index contributed by atoms with van der Waals surface area (Å²) in [7, 11) is -3.48. The summed E-state index contributed by atoms with van der Waals surface area (Å²) in [4.78, 5) is 0.242. The molecule has 1 aromatic carbocycles. The van der Waals surface area contributed by atoms with Crippen molar-refractivity contribution in [2.45, 2.75) is 43.6 Å². The lowest BCUT2D eigenvalue weighted by atomic mass is 9.99. The van der Waals surface area contributed by atoms with E-state index in [9.17, 15) is 13.5 Å². The summed E-state index contributed by atoms with van der Waals surface area (Å²) in [5.41, 5.74) is 0.624. The van der Waals surface area contributed by atoms with Crippen LogP contribution in [-0.2, 0) is 10.0 Å². The largest absolute Gasteiger partial charge is 0.389 e. The Morgan fingerprint density at radius 2 is 1.86 bits per heavy atom. The van der Waals surface area contributed by atoms with Crippen LogP contribution in [0, 0.1) is 17.8 Å². The number of aliphatic hydroxyl groups is 1. The lowest BCUT2D eigenvalue weighted by Crippen LogP contribution is -2.31. The maximum Gasteiger partial charge on any atom is 0.240 e. The first-order valence-electron chi connectivity index (χ1n) is 7.75. The average molecular weight is 309 g/mol. The van der Waals surface area contributed by atoms with E-state index in [-0.39, 0.29) is 4.90 Å². The van der Waals surface area contributed by atoms with Gasteiger partial charge < -0.3 is 5.11 Å². The fourth-order valence-electron chi connectivity index (χ4n) is 3.00. The van der Waals surface area contributed by atoms with E-state index in [4.69, 9.17) is 0 Å². The van der Waals surface area contributed by atoms with Crippen LogP contribution in [0.15, 0.2) is 29.2 Å².